The lowest BCUT2D eigenvalue weighted by Gasteiger charge is -2.28. The Morgan fingerprint density at radius 1 is 1.08 bits per heavy atom. The van der Waals surface area contributed by atoms with Gasteiger partial charge < -0.3 is 24.8 Å². The molecule has 1 amide bonds. The highest BCUT2D eigenvalue weighted by Gasteiger charge is 2.42. The summed E-state index contributed by atoms with van der Waals surface area (Å²) in [4.78, 5) is 18.8. The molecule has 2 aromatic carbocycles. The molecule has 2 atom stereocenters. The van der Waals surface area contributed by atoms with Gasteiger partial charge in [-0.05, 0) is 86.2 Å². The Hall–Kier alpha value is -3.43. The zero-order valence-corrected chi connectivity index (χ0v) is 23.9. The van der Waals surface area contributed by atoms with Crippen molar-refractivity contribution in [3.05, 3.63) is 106 Å². The van der Waals surface area contributed by atoms with Gasteiger partial charge in [0, 0.05) is 41.1 Å². The minimum atomic E-state index is -0.285. The van der Waals surface area contributed by atoms with Gasteiger partial charge in [-0.3, -0.25) is 9.78 Å². The Morgan fingerprint density at radius 3 is 2.59 bits per heavy atom. The summed E-state index contributed by atoms with van der Waals surface area (Å²) in [6.07, 6.45) is 1.78. The summed E-state index contributed by atoms with van der Waals surface area (Å²) in [5, 5.41) is 7.88. The van der Waals surface area contributed by atoms with Gasteiger partial charge in [-0.1, -0.05) is 35.3 Å². The molecule has 0 spiro atoms. The highest BCUT2D eigenvalue weighted by Crippen LogP contribution is 2.44. The smallest absolute Gasteiger partial charge is 0.250 e. The third kappa shape index (κ3) is 5.38. The van der Waals surface area contributed by atoms with E-state index in [1.807, 2.05) is 54.6 Å². The molecule has 39 heavy (non-hydrogen) atoms. The number of aryl methyl sites for hydroxylation is 1. The topological polar surface area (TPSA) is 71.4 Å². The molecule has 0 saturated carbocycles. The predicted molar refractivity (Wildman–Crippen MR) is 160 cm³/mol. The average Bonchev–Trinajstić information content (AvgIpc) is 3.40. The third-order valence-corrected chi connectivity index (χ3v) is 7.60. The van der Waals surface area contributed by atoms with Gasteiger partial charge in [0.25, 0.3) is 0 Å². The predicted octanol–water partition coefficient (Wildman–Crippen LogP) is 6.56. The van der Waals surface area contributed by atoms with Crippen molar-refractivity contribution in [3.63, 3.8) is 0 Å². The maximum Gasteiger partial charge on any atom is 0.250 e. The molecule has 0 aliphatic carbocycles. The first-order chi connectivity index (χ1) is 18.8. The molecular weight excluding hydrogens is 553 g/mol. The molecule has 1 saturated heterocycles. The minimum Gasteiger partial charge on any atom is -0.375 e. The molecule has 0 unspecified atom stereocenters. The van der Waals surface area contributed by atoms with E-state index in [4.69, 9.17) is 40.2 Å². The molecule has 5 rings (SSSR count). The van der Waals surface area contributed by atoms with Crippen LogP contribution < -0.4 is 15.5 Å². The summed E-state index contributed by atoms with van der Waals surface area (Å²) in [5.74, 6) is -0.285. The van der Waals surface area contributed by atoms with Crippen molar-refractivity contribution in [2.75, 3.05) is 23.9 Å². The third-order valence-electron chi connectivity index (χ3n) is 6.73. The van der Waals surface area contributed by atoms with Crippen molar-refractivity contribution in [2.45, 2.75) is 25.9 Å². The minimum absolute atomic E-state index is 0.0612. The molecule has 10 heteroatoms. The lowest BCUT2D eigenvalue weighted by atomic mass is 9.96. The number of aromatic nitrogens is 2. The summed E-state index contributed by atoms with van der Waals surface area (Å²) in [6.45, 7) is 4.11. The van der Waals surface area contributed by atoms with E-state index < -0.39 is 0 Å². The first kappa shape index (κ1) is 27.1. The monoisotopic (exact) mass is 579 g/mol. The Bertz CT molecular complexity index is 1540. The number of pyridine rings is 1. The van der Waals surface area contributed by atoms with Crippen LogP contribution >= 0.6 is 35.4 Å². The van der Waals surface area contributed by atoms with Gasteiger partial charge >= 0.3 is 0 Å². The molecule has 3 heterocycles. The van der Waals surface area contributed by atoms with E-state index in [1.54, 1.807) is 12.3 Å². The number of nitrogens with zero attached hydrogens (tertiary/aromatic N) is 3. The number of ether oxygens (including phenoxy) is 1. The molecule has 7 nitrogen and oxygen atoms in total. The fourth-order valence-corrected chi connectivity index (χ4v) is 5.87. The number of nitrogens with one attached hydrogen (secondary N) is 2. The van der Waals surface area contributed by atoms with E-state index in [0.29, 0.717) is 20.8 Å². The van der Waals surface area contributed by atoms with Gasteiger partial charge in [-0.2, -0.15) is 0 Å². The van der Waals surface area contributed by atoms with Crippen molar-refractivity contribution in [2.24, 2.45) is 0 Å². The molecule has 2 N–H and O–H groups in total. The van der Waals surface area contributed by atoms with Crippen LogP contribution in [0.4, 0.5) is 11.4 Å². The number of amides is 1. The van der Waals surface area contributed by atoms with E-state index in [2.05, 4.69) is 45.0 Å². The van der Waals surface area contributed by atoms with Crippen LogP contribution in [0.15, 0.2) is 72.9 Å². The van der Waals surface area contributed by atoms with Crippen LogP contribution in [0.3, 0.4) is 0 Å². The SMILES string of the molecule is COCC(=O)Nc1ccc(N2C(=S)N[C@H](c3ccccn3)[C@H]2c2cc(C)n(-c3cccc(Cl)c3)c2C)cc1Cl. The van der Waals surface area contributed by atoms with Crippen LogP contribution in [-0.2, 0) is 9.53 Å². The number of hydrogen-bond donors (Lipinski definition) is 2. The van der Waals surface area contributed by atoms with Crippen LogP contribution in [0.25, 0.3) is 5.69 Å². The zero-order valence-electron chi connectivity index (χ0n) is 21.6. The summed E-state index contributed by atoms with van der Waals surface area (Å²) in [5.41, 5.74) is 6.36. The van der Waals surface area contributed by atoms with Gasteiger partial charge in [0.05, 0.1) is 28.5 Å². The van der Waals surface area contributed by atoms with Gasteiger partial charge in [0.1, 0.15) is 6.61 Å². The number of carbonyl (C=O) groups is 1. The average molecular weight is 581 g/mol. The number of rotatable bonds is 7. The maximum atomic E-state index is 12.1. The normalized spacial score (nSPS) is 16.8. The number of anilines is 2. The first-order valence-electron chi connectivity index (χ1n) is 12.3. The number of thiocarbonyl (C=S) groups is 1. The van der Waals surface area contributed by atoms with E-state index in [-0.39, 0.29) is 24.6 Å². The quantitative estimate of drug-likeness (QED) is 0.242. The van der Waals surface area contributed by atoms with E-state index >= 15 is 0 Å². The van der Waals surface area contributed by atoms with E-state index in [0.717, 1.165) is 34.0 Å². The number of benzene rings is 2. The van der Waals surface area contributed by atoms with Crippen LogP contribution in [0.2, 0.25) is 10.0 Å². The van der Waals surface area contributed by atoms with Gasteiger partial charge in [0.15, 0.2) is 5.11 Å². The molecular formula is C29H27Cl2N5O2S. The van der Waals surface area contributed by atoms with Gasteiger partial charge in [-0.15, -0.1) is 0 Å². The highest BCUT2D eigenvalue weighted by molar-refractivity contribution is 7.80. The fourth-order valence-electron chi connectivity index (χ4n) is 5.12. The Morgan fingerprint density at radius 2 is 1.90 bits per heavy atom. The highest BCUT2D eigenvalue weighted by atomic mass is 35.5. The fraction of sp³-hybridized carbons (Fsp3) is 0.207. The van der Waals surface area contributed by atoms with Crippen molar-refractivity contribution < 1.29 is 9.53 Å². The molecule has 1 fully saturated rings. The molecule has 0 bridgehead atoms. The Balaban J connectivity index is 1.61. The van der Waals surface area contributed by atoms with Gasteiger partial charge in [-0.25, -0.2) is 0 Å². The summed E-state index contributed by atoms with van der Waals surface area (Å²) < 4.78 is 7.10. The number of carbonyl (C=O) groups excluding carboxylic acids is 1. The molecule has 0 radical (unpaired) electrons. The number of halogens is 2. The lowest BCUT2D eigenvalue weighted by molar-refractivity contribution is -0.119. The van der Waals surface area contributed by atoms with Crippen molar-refractivity contribution in [3.8, 4) is 5.69 Å². The second-order valence-corrected chi connectivity index (χ2v) is 10.5. The molecule has 1 aliphatic rings. The van der Waals surface area contributed by atoms with Crippen LogP contribution in [-0.4, -0.2) is 34.3 Å². The maximum absolute atomic E-state index is 12.1. The van der Waals surface area contributed by atoms with E-state index in [9.17, 15) is 4.79 Å². The summed E-state index contributed by atoms with van der Waals surface area (Å²) >= 11 is 18.8. The van der Waals surface area contributed by atoms with Crippen molar-refractivity contribution in [1.82, 2.24) is 14.9 Å². The summed E-state index contributed by atoms with van der Waals surface area (Å²) in [7, 11) is 1.47. The lowest BCUT2D eigenvalue weighted by Crippen LogP contribution is -2.29. The van der Waals surface area contributed by atoms with Crippen LogP contribution in [0.5, 0.6) is 0 Å². The van der Waals surface area contributed by atoms with Crippen LogP contribution in [0, 0.1) is 13.8 Å². The zero-order chi connectivity index (χ0) is 27.7. The van der Waals surface area contributed by atoms with Crippen LogP contribution in [0.1, 0.15) is 34.7 Å². The second kappa shape index (κ2) is 11.4. The number of methoxy groups -OCH3 is 1. The standard InChI is InChI=1S/C29H27Cl2N5O2S/c1-17-13-22(18(2)35(17)20-8-6-7-19(30)14-20)28-27(25-9-4-5-12-32-25)34-29(39)36(28)21-10-11-24(23(31)15-21)33-26(37)16-38-3/h4-15,27-28H,16H2,1-3H3,(H,33,37)(H,34,39)/t27-,28-/m1/s1. The Kier molecular flexibility index (Phi) is 7.91. The first-order valence-corrected chi connectivity index (χ1v) is 13.5. The summed E-state index contributed by atoms with van der Waals surface area (Å²) in [6, 6.07) is 20.9. The largest absolute Gasteiger partial charge is 0.375 e. The van der Waals surface area contributed by atoms with Crippen molar-refractivity contribution >= 4 is 57.8 Å². The Labute approximate surface area is 242 Å². The van der Waals surface area contributed by atoms with E-state index in [1.165, 1.54) is 7.11 Å². The molecule has 200 valence electrons. The second-order valence-electron chi connectivity index (χ2n) is 9.28. The van der Waals surface area contributed by atoms with Crippen molar-refractivity contribution in [1.29, 1.82) is 0 Å². The number of hydrogen-bond acceptors (Lipinski definition) is 4. The van der Waals surface area contributed by atoms with Gasteiger partial charge in [0.2, 0.25) is 5.91 Å². The molecule has 1 aliphatic heterocycles. The molecule has 2 aromatic heterocycles. The molecule has 4 aromatic rings.